The lowest BCUT2D eigenvalue weighted by molar-refractivity contribution is 0.719. The number of nitrogen functional groups attached to an aromatic ring is 2. The van der Waals surface area contributed by atoms with Gasteiger partial charge in [-0.2, -0.15) is 15.0 Å². The maximum absolute atomic E-state index is 6.08. The maximum Gasteiger partial charge on any atom is 0.230 e. The lowest BCUT2D eigenvalue weighted by Crippen LogP contribution is -2.39. The summed E-state index contributed by atoms with van der Waals surface area (Å²) in [7, 11) is 0. The van der Waals surface area contributed by atoms with E-state index in [0.717, 1.165) is 49.0 Å². The van der Waals surface area contributed by atoms with Crippen LogP contribution in [0.5, 0.6) is 0 Å². The molecule has 0 atom stereocenters. The van der Waals surface area contributed by atoms with Crippen molar-refractivity contribution in [3.63, 3.8) is 0 Å². The average Bonchev–Trinajstić information content (AvgIpc) is 2.99. The molecule has 7 rings (SSSR count). The molecule has 0 unspecified atom stereocenters. The van der Waals surface area contributed by atoms with E-state index in [1.807, 2.05) is 0 Å². The monoisotopic (exact) mass is 518 g/mol. The minimum Gasteiger partial charge on any atom is -0.368 e. The number of nitrogens with two attached hydrogens (primary N) is 2. The molecule has 7 aromatic rings. The van der Waals surface area contributed by atoms with Crippen LogP contribution in [-0.4, -0.2) is 15.0 Å². The van der Waals surface area contributed by atoms with Crippen LogP contribution in [0.2, 0.25) is 0 Å². The number of hydrogen-bond donors (Lipinski definition) is 3. The van der Waals surface area contributed by atoms with E-state index in [2.05, 4.69) is 148 Å². The van der Waals surface area contributed by atoms with Crippen molar-refractivity contribution in [2.75, 3.05) is 16.8 Å². The van der Waals surface area contributed by atoms with E-state index in [4.69, 9.17) is 11.5 Å². The molecule has 192 valence electrons. The van der Waals surface area contributed by atoms with Gasteiger partial charge in [-0.25, -0.2) is 0 Å². The molecule has 0 aliphatic heterocycles. The maximum atomic E-state index is 6.08. The Kier molecular flexibility index (Phi) is 5.53. The first kappa shape index (κ1) is 23.6. The predicted octanol–water partition coefficient (Wildman–Crippen LogP) is 6.90. The number of nitrogens with one attached hydrogen (secondary N) is 1. The minimum atomic E-state index is -0.956. The number of rotatable bonds is 5. The fourth-order valence-corrected chi connectivity index (χ4v) is 5.93. The van der Waals surface area contributed by atoms with Crippen molar-refractivity contribution in [2.45, 2.75) is 5.54 Å². The third-order valence-electron chi connectivity index (χ3n) is 7.55. The van der Waals surface area contributed by atoms with Crippen LogP contribution in [0.3, 0.4) is 0 Å². The van der Waals surface area contributed by atoms with Gasteiger partial charge in [0.15, 0.2) is 0 Å². The van der Waals surface area contributed by atoms with Crippen molar-refractivity contribution < 1.29 is 0 Å². The summed E-state index contributed by atoms with van der Waals surface area (Å²) in [6, 6.07) is 44.5. The molecule has 0 fully saturated rings. The van der Waals surface area contributed by atoms with Crippen LogP contribution in [0.15, 0.2) is 127 Å². The van der Waals surface area contributed by atoms with Crippen molar-refractivity contribution in [1.82, 2.24) is 15.0 Å². The second kappa shape index (κ2) is 9.36. The summed E-state index contributed by atoms with van der Waals surface area (Å²) in [6.07, 6.45) is 0. The zero-order valence-corrected chi connectivity index (χ0v) is 21.6. The van der Waals surface area contributed by atoms with Crippen LogP contribution < -0.4 is 16.8 Å². The van der Waals surface area contributed by atoms with E-state index in [-0.39, 0.29) is 11.9 Å². The Hall–Kier alpha value is -5.49. The summed E-state index contributed by atoms with van der Waals surface area (Å²) < 4.78 is 0. The lowest BCUT2D eigenvalue weighted by atomic mass is 9.72. The molecule has 6 heteroatoms. The summed E-state index contributed by atoms with van der Waals surface area (Å²) in [5, 5.41) is 10.5. The molecule has 1 aromatic heterocycles. The van der Waals surface area contributed by atoms with Crippen LogP contribution in [0.1, 0.15) is 16.7 Å². The van der Waals surface area contributed by atoms with Crippen LogP contribution in [-0.2, 0) is 5.54 Å². The van der Waals surface area contributed by atoms with Crippen LogP contribution in [0, 0.1) is 0 Å². The Bertz CT molecular complexity index is 1810. The summed E-state index contributed by atoms with van der Waals surface area (Å²) >= 11 is 0. The average molecular weight is 519 g/mol. The highest BCUT2D eigenvalue weighted by Gasteiger charge is 2.41. The summed E-state index contributed by atoms with van der Waals surface area (Å²) in [5.74, 6) is 0.397. The fourth-order valence-electron chi connectivity index (χ4n) is 5.93. The Labute approximate surface area is 231 Å². The molecule has 0 spiro atoms. The second-order valence-corrected chi connectivity index (χ2v) is 9.83. The summed E-state index contributed by atoms with van der Waals surface area (Å²) in [6.45, 7) is 0. The molecular formula is C34H26N6. The molecule has 0 aliphatic carbocycles. The smallest absolute Gasteiger partial charge is 0.230 e. The van der Waals surface area contributed by atoms with Gasteiger partial charge in [0, 0.05) is 0 Å². The molecule has 0 saturated carbocycles. The van der Waals surface area contributed by atoms with Gasteiger partial charge in [-0.1, -0.05) is 127 Å². The van der Waals surface area contributed by atoms with Crippen molar-refractivity contribution >= 4 is 50.2 Å². The molecule has 5 N–H and O–H groups in total. The highest BCUT2D eigenvalue weighted by atomic mass is 15.2. The van der Waals surface area contributed by atoms with Crippen molar-refractivity contribution in [2.24, 2.45) is 0 Å². The van der Waals surface area contributed by atoms with Gasteiger partial charge in [0.2, 0.25) is 17.8 Å². The number of hydrogen-bond acceptors (Lipinski definition) is 6. The van der Waals surface area contributed by atoms with Crippen molar-refractivity contribution in [3.05, 3.63) is 144 Å². The molecule has 0 amide bonds. The summed E-state index contributed by atoms with van der Waals surface area (Å²) in [4.78, 5) is 13.0. The standard InChI is InChI=1S/C34H26N6/c35-31-37-32(36)39-33(38-31)40-34(28-19-7-13-22-10-1-4-16-25(22)28,29-20-8-14-23-11-2-5-17-26(23)29)30-21-9-15-24-12-3-6-18-27(24)30/h1-21H,(H5,35,36,37,38,39,40). The molecule has 0 bridgehead atoms. The Morgan fingerprint density at radius 1 is 0.425 bits per heavy atom. The SMILES string of the molecule is Nc1nc(N)nc(NC(c2cccc3ccccc23)(c2cccc3ccccc23)c2cccc3ccccc23)n1. The number of benzene rings is 6. The lowest BCUT2D eigenvalue weighted by Gasteiger charge is -2.39. The topological polar surface area (TPSA) is 103 Å². The van der Waals surface area contributed by atoms with Gasteiger partial charge >= 0.3 is 0 Å². The van der Waals surface area contributed by atoms with Gasteiger partial charge in [0.1, 0.15) is 5.54 Å². The Balaban J connectivity index is 1.71. The quantitative estimate of drug-likeness (QED) is 0.214. The van der Waals surface area contributed by atoms with E-state index in [1.165, 1.54) is 0 Å². The molecular weight excluding hydrogens is 492 g/mol. The third kappa shape index (κ3) is 3.77. The van der Waals surface area contributed by atoms with E-state index in [9.17, 15) is 0 Å². The first-order chi connectivity index (χ1) is 19.6. The number of nitrogens with zero attached hydrogens (tertiary/aromatic N) is 3. The minimum absolute atomic E-state index is 0.0534. The van der Waals surface area contributed by atoms with Crippen LogP contribution >= 0.6 is 0 Å². The number of anilines is 3. The van der Waals surface area contributed by atoms with E-state index >= 15 is 0 Å². The highest BCUT2D eigenvalue weighted by Crippen LogP contribution is 2.47. The van der Waals surface area contributed by atoms with Gasteiger partial charge in [-0.05, 0) is 49.0 Å². The summed E-state index contributed by atoms with van der Waals surface area (Å²) in [5.41, 5.74) is 14.4. The van der Waals surface area contributed by atoms with Gasteiger partial charge in [-0.3, -0.25) is 0 Å². The van der Waals surface area contributed by atoms with Crippen molar-refractivity contribution in [3.8, 4) is 0 Å². The first-order valence-electron chi connectivity index (χ1n) is 13.1. The third-order valence-corrected chi connectivity index (χ3v) is 7.55. The molecule has 6 nitrogen and oxygen atoms in total. The second-order valence-electron chi connectivity index (χ2n) is 9.83. The predicted molar refractivity (Wildman–Crippen MR) is 164 cm³/mol. The molecule has 0 radical (unpaired) electrons. The van der Waals surface area contributed by atoms with Crippen LogP contribution in [0.4, 0.5) is 17.8 Å². The van der Waals surface area contributed by atoms with E-state index in [1.54, 1.807) is 0 Å². The van der Waals surface area contributed by atoms with Crippen molar-refractivity contribution in [1.29, 1.82) is 0 Å². The van der Waals surface area contributed by atoms with Gasteiger partial charge in [0.05, 0.1) is 0 Å². The largest absolute Gasteiger partial charge is 0.368 e. The fraction of sp³-hybridized carbons (Fsp3) is 0.0294. The number of fused-ring (bicyclic) bond motifs is 3. The molecule has 0 aliphatic rings. The first-order valence-corrected chi connectivity index (χ1v) is 13.1. The molecule has 1 heterocycles. The van der Waals surface area contributed by atoms with Crippen LogP contribution in [0.25, 0.3) is 32.3 Å². The zero-order chi connectivity index (χ0) is 27.1. The normalized spacial score (nSPS) is 11.7. The molecule has 40 heavy (non-hydrogen) atoms. The Morgan fingerprint density at radius 2 is 0.775 bits per heavy atom. The van der Waals surface area contributed by atoms with Gasteiger partial charge in [-0.15, -0.1) is 0 Å². The Morgan fingerprint density at radius 3 is 1.18 bits per heavy atom. The number of aromatic nitrogens is 3. The molecule has 6 aromatic carbocycles. The highest BCUT2D eigenvalue weighted by molar-refractivity contribution is 5.96. The van der Waals surface area contributed by atoms with Gasteiger partial charge < -0.3 is 16.8 Å². The van der Waals surface area contributed by atoms with E-state index in [0.29, 0.717) is 5.95 Å². The molecule has 0 saturated heterocycles. The zero-order valence-electron chi connectivity index (χ0n) is 21.6. The van der Waals surface area contributed by atoms with Gasteiger partial charge in [0.25, 0.3) is 0 Å². The van der Waals surface area contributed by atoms with E-state index < -0.39 is 5.54 Å².